The van der Waals surface area contributed by atoms with Crippen molar-refractivity contribution >= 4 is 33.4 Å². The quantitative estimate of drug-likeness (QED) is 0.726. The van der Waals surface area contributed by atoms with Crippen LogP contribution in [0.1, 0.15) is 33.6 Å². The number of benzene rings is 2. The predicted molar refractivity (Wildman–Crippen MR) is 109 cm³/mol. The Kier molecular flexibility index (Phi) is 5.36. The maximum Gasteiger partial charge on any atom is 0.261 e. The number of fused-ring (bicyclic) bond motifs is 1. The zero-order chi connectivity index (χ0) is 22.3. The standard InChI is InChI=1S/C21H20FN3O5S/c1-24-20(27)17-9-6-15(11-18(17)21(24)28)23-19(26)13-3-2-10-25(12-13)31(29,30)16-7-4-14(22)5-8-16/h4-9,11,13H,2-3,10,12H2,1H3,(H,23,26)/t13-/m1/s1. The number of imide groups is 1. The molecular formula is C21H20FN3O5S. The number of nitrogens with one attached hydrogen (secondary N) is 1. The fourth-order valence-electron chi connectivity index (χ4n) is 3.81. The molecule has 4 rings (SSSR count). The highest BCUT2D eigenvalue weighted by Crippen LogP contribution is 2.27. The van der Waals surface area contributed by atoms with Crippen molar-refractivity contribution in [3.05, 3.63) is 59.4 Å². The van der Waals surface area contributed by atoms with Crippen molar-refractivity contribution in [3.63, 3.8) is 0 Å². The van der Waals surface area contributed by atoms with Crippen LogP contribution in [-0.2, 0) is 14.8 Å². The molecular weight excluding hydrogens is 425 g/mol. The van der Waals surface area contributed by atoms with Crippen molar-refractivity contribution in [1.82, 2.24) is 9.21 Å². The maximum absolute atomic E-state index is 13.1. The van der Waals surface area contributed by atoms with Gasteiger partial charge in [-0.2, -0.15) is 4.31 Å². The first-order chi connectivity index (χ1) is 14.7. The van der Waals surface area contributed by atoms with E-state index in [2.05, 4.69) is 5.32 Å². The summed E-state index contributed by atoms with van der Waals surface area (Å²) in [4.78, 5) is 37.9. The summed E-state index contributed by atoms with van der Waals surface area (Å²) >= 11 is 0. The summed E-state index contributed by atoms with van der Waals surface area (Å²) in [6.07, 6.45) is 1.01. The van der Waals surface area contributed by atoms with E-state index >= 15 is 0 Å². The van der Waals surface area contributed by atoms with Gasteiger partial charge in [-0.25, -0.2) is 12.8 Å². The van der Waals surface area contributed by atoms with Crippen LogP contribution in [0.5, 0.6) is 0 Å². The molecule has 1 saturated heterocycles. The number of halogens is 1. The minimum atomic E-state index is -3.85. The van der Waals surface area contributed by atoms with Gasteiger partial charge in [0.05, 0.1) is 21.9 Å². The monoisotopic (exact) mass is 445 g/mol. The number of carbonyl (C=O) groups is 3. The topological polar surface area (TPSA) is 104 Å². The van der Waals surface area contributed by atoms with Crippen molar-refractivity contribution in [2.45, 2.75) is 17.7 Å². The van der Waals surface area contributed by atoms with Crippen LogP contribution in [0.25, 0.3) is 0 Å². The first-order valence-electron chi connectivity index (χ1n) is 9.71. The third-order valence-corrected chi connectivity index (χ3v) is 7.44. The minimum Gasteiger partial charge on any atom is -0.326 e. The van der Waals surface area contributed by atoms with Crippen LogP contribution in [-0.4, -0.2) is 55.5 Å². The fourth-order valence-corrected chi connectivity index (χ4v) is 5.34. The van der Waals surface area contributed by atoms with E-state index in [0.29, 0.717) is 18.5 Å². The molecule has 0 radical (unpaired) electrons. The lowest BCUT2D eigenvalue weighted by molar-refractivity contribution is -0.120. The molecule has 0 aliphatic carbocycles. The molecule has 162 valence electrons. The van der Waals surface area contributed by atoms with Crippen LogP contribution < -0.4 is 5.32 Å². The Morgan fingerprint density at radius 1 is 1.06 bits per heavy atom. The molecule has 1 N–H and O–H groups in total. The number of amides is 3. The highest BCUT2D eigenvalue weighted by Gasteiger charge is 2.35. The van der Waals surface area contributed by atoms with Gasteiger partial charge in [-0.15, -0.1) is 0 Å². The first-order valence-corrected chi connectivity index (χ1v) is 11.2. The predicted octanol–water partition coefficient (Wildman–Crippen LogP) is 2.09. The van der Waals surface area contributed by atoms with E-state index in [1.54, 1.807) is 0 Å². The SMILES string of the molecule is CN1C(=O)c2ccc(NC(=O)[C@@H]3CCCN(S(=O)(=O)c4ccc(F)cc4)C3)cc2C1=O. The van der Waals surface area contributed by atoms with Gasteiger partial charge >= 0.3 is 0 Å². The van der Waals surface area contributed by atoms with Crippen molar-refractivity contribution < 1.29 is 27.2 Å². The zero-order valence-corrected chi connectivity index (χ0v) is 17.5. The normalized spacial score (nSPS) is 19.4. The van der Waals surface area contributed by atoms with E-state index in [1.807, 2.05) is 0 Å². The summed E-state index contributed by atoms with van der Waals surface area (Å²) in [5.41, 5.74) is 0.855. The van der Waals surface area contributed by atoms with Gasteiger partial charge in [0, 0.05) is 25.8 Å². The van der Waals surface area contributed by atoms with E-state index in [9.17, 15) is 27.2 Å². The molecule has 2 aliphatic rings. The Hall–Kier alpha value is -3.11. The van der Waals surface area contributed by atoms with Gasteiger partial charge in [0.25, 0.3) is 11.8 Å². The van der Waals surface area contributed by atoms with Crippen LogP contribution in [0.2, 0.25) is 0 Å². The van der Waals surface area contributed by atoms with Gasteiger partial charge in [-0.3, -0.25) is 19.3 Å². The average molecular weight is 445 g/mol. The first kappa shape index (κ1) is 21.1. The molecule has 0 saturated carbocycles. The highest BCUT2D eigenvalue weighted by molar-refractivity contribution is 7.89. The van der Waals surface area contributed by atoms with E-state index in [-0.39, 0.29) is 35.0 Å². The van der Waals surface area contributed by atoms with E-state index < -0.39 is 33.6 Å². The highest BCUT2D eigenvalue weighted by atomic mass is 32.2. The third kappa shape index (κ3) is 3.84. The molecule has 2 heterocycles. The molecule has 8 nitrogen and oxygen atoms in total. The third-order valence-electron chi connectivity index (χ3n) is 5.56. The number of piperidine rings is 1. The van der Waals surface area contributed by atoms with Crippen molar-refractivity contribution in [1.29, 1.82) is 0 Å². The van der Waals surface area contributed by atoms with Crippen LogP contribution in [0.4, 0.5) is 10.1 Å². The molecule has 0 unspecified atom stereocenters. The lowest BCUT2D eigenvalue weighted by Crippen LogP contribution is -2.43. The number of hydrogen-bond acceptors (Lipinski definition) is 5. The van der Waals surface area contributed by atoms with Crippen molar-refractivity contribution in [3.8, 4) is 0 Å². The second-order valence-corrected chi connectivity index (χ2v) is 9.51. The molecule has 31 heavy (non-hydrogen) atoms. The van der Waals surface area contributed by atoms with Crippen molar-refractivity contribution in [2.75, 3.05) is 25.5 Å². The van der Waals surface area contributed by atoms with Crippen LogP contribution >= 0.6 is 0 Å². The Morgan fingerprint density at radius 3 is 2.45 bits per heavy atom. The molecule has 0 bridgehead atoms. The zero-order valence-electron chi connectivity index (χ0n) is 16.7. The summed E-state index contributed by atoms with van der Waals surface area (Å²) in [5, 5.41) is 2.72. The summed E-state index contributed by atoms with van der Waals surface area (Å²) in [6, 6.07) is 9.05. The van der Waals surface area contributed by atoms with Crippen LogP contribution in [0.3, 0.4) is 0 Å². The van der Waals surface area contributed by atoms with Gasteiger partial charge in [0.1, 0.15) is 5.82 Å². The number of hydrogen-bond donors (Lipinski definition) is 1. The van der Waals surface area contributed by atoms with Gasteiger partial charge in [0.15, 0.2) is 0 Å². The average Bonchev–Trinajstić information content (AvgIpc) is 2.98. The minimum absolute atomic E-state index is 0.00334. The molecule has 0 spiro atoms. The second-order valence-electron chi connectivity index (χ2n) is 7.58. The lowest BCUT2D eigenvalue weighted by Gasteiger charge is -2.31. The molecule has 1 atom stereocenters. The molecule has 1 fully saturated rings. The van der Waals surface area contributed by atoms with Crippen LogP contribution in [0.15, 0.2) is 47.4 Å². The van der Waals surface area contributed by atoms with Gasteiger partial charge < -0.3 is 5.32 Å². The molecule has 2 aromatic carbocycles. The Balaban J connectivity index is 1.48. The summed E-state index contributed by atoms with van der Waals surface area (Å²) in [5.74, 6) is -2.32. The summed E-state index contributed by atoms with van der Waals surface area (Å²) in [6.45, 7) is 0.266. The number of nitrogens with zero attached hydrogens (tertiary/aromatic N) is 2. The van der Waals surface area contributed by atoms with E-state index in [1.165, 1.54) is 41.7 Å². The largest absolute Gasteiger partial charge is 0.326 e. The molecule has 0 aromatic heterocycles. The number of sulfonamides is 1. The number of rotatable bonds is 4. The van der Waals surface area contributed by atoms with Crippen molar-refractivity contribution in [2.24, 2.45) is 5.92 Å². The van der Waals surface area contributed by atoms with Gasteiger partial charge in [0.2, 0.25) is 15.9 Å². The summed E-state index contributed by atoms with van der Waals surface area (Å²) in [7, 11) is -2.46. The maximum atomic E-state index is 13.1. The molecule has 3 amide bonds. The van der Waals surface area contributed by atoms with Gasteiger partial charge in [-0.05, 0) is 55.3 Å². The molecule has 2 aromatic rings. The Morgan fingerprint density at radius 2 is 1.74 bits per heavy atom. The molecule has 2 aliphatic heterocycles. The number of carbonyl (C=O) groups excluding carboxylic acids is 3. The van der Waals surface area contributed by atoms with E-state index in [4.69, 9.17) is 0 Å². The number of anilines is 1. The van der Waals surface area contributed by atoms with Gasteiger partial charge in [-0.1, -0.05) is 0 Å². The fraction of sp³-hybridized carbons (Fsp3) is 0.286. The molecule has 10 heteroatoms. The Labute approximate surface area is 178 Å². The second kappa shape index (κ2) is 7.86. The van der Waals surface area contributed by atoms with E-state index in [0.717, 1.165) is 17.0 Å². The lowest BCUT2D eigenvalue weighted by atomic mass is 9.98. The summed E-state index contributed by atoms with van der Waals surface area (Å²) < 4.78 is 40.1. The van der Waals surface area contributed by atoms with Crippen LogP contribution in [0, 0.1) is 11.7 Å². The smallest absolute Gasteiger partial charge is 0.261 e. The Bertz CT molecular complexity index is 1180.